The van der Waals surface area contributed by atoms with Gasteiger partial charge in [0.2, 0.25) is 5.91 Å². The molecule has 2 aromatic heterocycles. The van der Waals surface area contributed by atoms with Crippen molar-refractivity contribution < 1.29 is 22.8 Å². The van der Waals surface area contributed by atoms with E-state index >= 15 is 0 Å². The molecule has 1 saturated heterocycles. The number of hydrogen-bond acceptors (Lipinski definition) is 4. The second kappa shape index (κ2) is 6.28. The fraction of sp³-hybridized carbons (Fsp3) is 0.250. The van der Waals surface area contributed by atoms with Crippen LogP contribution in [-0.2, 0) is 11.0 Å². The third-order valence-electron chi connectivity index (χ3n) is 5.30. The number of carbonyl (C=O) groups excluding carboxylic acids is 2. The number of alkyl halides is 3. The largest absolute Gasteiger partial charge is 0.417 e. The van der Waals surface area contributed by atoms with Gasteiger partial charge in [-0.25, -0.2) is 4.98 Å². The van der Waals surface area contributed by atoms with Gasteiger partial charge >= 0.3 is 6.18 Å². The Morgan fingerprint density at radius 1 is 1.17 bits per heavy atom. The van der Waals surface area contributed by atoms with Crippen LogP contribution in [0.15, 0.2) is 36.4 Å². The van der Waals surface area contributed by atoms with Gasteiger partial charge in [0.05, 0.1) is 16.9 Å². The molecule has 0 aliphatic carbocycles. The molecule has 29 heavy (non-hydrogen) atoms. The van der Waals surface area contributed by atoms with Crippen LogP contribution in [0.5, 0.6) is 0 Å². The van der Waals surface area contributed by atoms with Gasteiger partial charge in [0, 0.05) is 17.5 Å². The maximum atomic E-state index is 14.0. The molecule has 5 rings (SSSR count). The van der Waals surface area contributed by atoms with Crippen LogP contribution in [0.1, 0.15) is 28.1 Å². The lowest BCUT2D eigenvalue weighted by Crippen LogP contribution is -2.40. The number of hydrogen-bond donors (Lipinski definition) is 1. The standard InChI is InChI=1S/C20H14F3N3O2S/c21-20(22,23)11-9-12(10-5-2-1-3-6-10)24-18-14(11)15-16(29-18)19(28)26-8-4-7-13(26)17(27)25-15/h1-3,5-6,9,13H,4,7-8H2,(H,25,27)/t13-/m1/s1. The van der Waals surface area contributed by atoms with E-state index in [4.69, 9.17) is 0 Å². The molecule has 1 atom stereocenters. The topological polar surface area (TPSA) is 62.3 Å². The van der Waals surface area contributed by atoms with Crippen molar-refractivity contribution in [3.05, 3.63) is 46.8 Å². The van der Waals surface area contributed by atoms with Crippen LogP contribution in [-0.4, -0.2) is 34.3 Å². The number of halogens is 3. The Balaban J connectivity index is 1.79. The Hall–Kier alpha value is -2.94. The van der Waals surface area contributed by atoms with Gasteiger partial charge in [-0.1, -0.05) is 30.3 Å². The minimum absolute atomic E-state index is 0.0752. The zero-order chi connectivity index (χ0) is 20.3. The molecule has 9 heteroatoms. The van der Waals surface area contributed by atoms with Gasteiger partial charge in [0.15, 0.2) is 0 Å². The first-order valence-electron chi connectivity index (χ1n) is 9.06. The number of thiophene rings is 1. The second-order valence-electron chi connectivity index (χ2n) is 7.05. The van der Waals surface area contributed by atoms with Gasteiger partial charge in [-0.05, 0) is 18.9 Å². The molecule has 0 unspecified atom stereocenters. The van der Waals surface area contributed by atoms with Crippen molar-refractivity contribution >= 4 is 39.1 Å². The van der Waals surface area contributed by atoms with Crippen molar-refractivity contribution in [3.63, 3.8) is 0 Å². The summed E-state index contributed by atoms with van der Waals surface area (Å²) in [7, 11) is 0. The first-order valence-corrected chi connectivity index (χ1v) is 9.88. The monoisotopic (exact) mass is 417 g/mol. The molecule has 148 valence electrons. The molecule has 2 amide bonds. The number of aromatic nitrogens is 1. The van der Waals surface area contributed by atoms with Crippen molar-refractivity contribution in [1.82, 2.24) is 9.88 Å². The highest BCUT2D eigenvalue weighted by molar-refractivity contribution is 7.21. The van der Waals surface area contributed by atoms with Crippen molar-refractivity contribution in [2.75, 3.05) is 11.9 Å². The second-order valence-corrected chi connectivity index (χ2v) is 8.05. The van der Waals surface area contributed by atoms with E-state index in [0.29, 0.717) is 24.9 Å². The third kappa shape index (κ3) is 2.79. The number of anilines is 1. The quantitative estimate of drug-likeness (QED) is 0.632. The summed E-state index contributed by atoms with van der Waals surface area (Å²) in [5.41, 5.74) is -0.277. The van der Waals surface area contributed by atoms with Crippen molar-refractivity contribution in [3.8, 4) is 11.3 Å². The first kappa shape index (κ1) is 18.1. The van der Waals surface area contributed by atoms with Gasteiger partial charge in [0.1, 0.15) is 15.7 Å². The molecule has 4 heterocycles. The summed E-state index contributed by atoms with van der Waals surface area (Å²) in [4.78, 5) is 31.6. The molecule has 0 radical (unpaired) electrons. The predicted molar refractivity (Wildman–Crippen MR) is 103 cm³/mol. The molecule has 0 bridgehead atoms. The predicted octanol–water partition coefficient (Wildman–Crippen LogP) is 4.54. The van der Waals surface area contributed by atoms with Crippen LogP contribution >= 0.6 is 11.3 Å². The lowest BCUT2D eigenvalue weighted by molar-refractivity contribution is -0.136. The minimum atomic E-state index is -4.67. The van der Waals surface area contributed by atoms with Crippen LogP contribution in [0.3, 0.4) is 0 Å². The Morgan fingerprint density at radius 2 is 1.93 bits per heavy atom. The summed E-state index contributed by atoms with van der Waals surface area (Å²) in [5.74, 6) is -0.868. The van der Waals surface area contributed by atoms with Gasteiger partial charge < -0.3 is 10.2 Å². The fourth-order valence-electron chi connectivity index (χ4n) is 3.97. The molecule has 1 aromatic carbocycles. The number of rotatable bonds is 1. The normalized spacial score (nSPS) is 19.1. The molecule has 2 aliphatic rings. The molecular formula is C20H14F3N3O2S. The maximum absolute atomic E-state index is 14.0. The SMILES string of the molecule is O=C1Nc2c(sc3nc(-c4ccccc4)cc(C(F)(F)F)c23)C(=O)N2CCC[C@H]12. The molecule has 0 saturated carbocycles. The summed E-state index contributed by atoms with van der Waals surface area (Å²) >= 11 is 0.894. The number of amides is 2. The van der Waals surface area contributed by atoms with E-state index in [1.54, 1.807) is 30.3 Å². The number of benzene rings is 1. The van der Waals surface area contributed by atoms with Crippen molar-refractivity contribution in [1.29, 1.82) is 0 Å². The third-order valence-corrected chi connectivity index (χ3v) is 6.37. The number of fused-ring (bicyclic) bond motifs is 4. The average molecular weight is 417 g/mol. The van der Waals surface area contributed by atoms with Crippen LogP contribution in [0.25, 0.3) is 21.5 Å². The van der Waals surface area contributed by atoms with Gasteiger partial charge in [-0.15, -0.1) is 11.3 Å². The minimum Gasteiger partial charge on any atom is -0.326 e. The first-order chi connectivity index (χ1) is 13.8. The van der Waals surface area contributed by atoms with E-state index < -0.39 is 29.6 Å². The maximum Gasteiger partial charge on any atom is 0.417 e. The van der Waals surface area contributed by atoms with Gasteiger partial charge in [0.25, 0.3) is 5.91 Å². The van der Waals surface area contributed by atoms with Crippen LogP contribution < -0.4 is 5.32 Å². The Bertz CT molecular complexity index is 1160. The number of carbonyl (C=O) groups is 2. The Morgan fingerprint density at radius 3 is 2.66 bits per heavy atom. The number of nitrogens with one attached hydrogen (secondary N) is 1. The van der Waals surface area contributed by atoms with E-state index in [-0.39, 0.29) is 26.5 Å². The zero-order valence-electron chi connectivity index (χ0n) is 14.9. The van der Waals surface area contributed by atoms with Crippen molar-refractivity contribution in [2.45, 2.75) is 25.1 Å². The molecule has 2 aliphatic heterocycles. The molecule has 3 aromatic rings. The van der Waals surface area contributed by atoms with Crippen LogP contribution in [0.4, 0.5) is 18.9 Å². The zero-order valence-corrected chi connectivity index (χ0v) is 15.7. The Labute approximate surface area is 167 Å². The van der Waals surface area contributed by atoms with Crippen molar-refractivity contribution in [2.24, 2.45) is 0 Å². The van der Waals surface area contributed by atoms with Gasteiger partial charge in [-0.2, -0.15) is 13.2 Å². The number of nitrogens with zero attached hydrogens (tertiary/aromatic N) is 2. The van der Waals surface area contributed by atoms with E-state index in [2.05, 4.69) is 10.3 Å². The summed E-state index contributed by atoms with van der Waals surface area (Å²) in [6.45, 7) is 0.416. The highest BCUT2D eigenvalue weighted by Crippen LogP contribution is 2.46. The van der Waals surface area contributed by atoms with E-state index in [0.717, 1.165) is 17.4 Å². The summed E-state index contributed by atoms with van der Waals surface area (Å²) in [5, 5.41) is 2.37. The summed E-state index contributed by atoms with van der Waals surface area (Å²) in [6, 6.07) is 8.89. The smallest absolute Gasteiger partial charge is 0.326 e. The van der Waals surface area contributed by atoms with Crippen LogP contribution in [0, 0.1) is 0 Å². The molecule has 1 fully saturated rings. The lowest BCUT2D eigenvalue weighted by atomic mass is 10.1. The molecule has 1 N–H and O–H groups in total. The van der Waals surface area contributed by atoms with Crippen LogP contribution in [0.2, 0.25) is 0 Å². The lowest BCUT2D eigenvalue weighted by Gasteiger charge is -2.19. The highest BCUT2D eigenvalue weighted by Gasteiger charge is 2.43. The van der Waals surface area contributed by atoms with E-state index in [1.165, 1.54) is 4.90 Å². The average Bonchev–Trinajstić information content (AvgIpc) is 3.30. The summed E-state index contributed by atoms with van der Waals surface area (Å²) < 4.78 is 41.9. The molecule has 5 nitrogen and oxygen atoms in total. The number of pyridine rings is 1. The summed E-state index contributed by atoms with van der Waals surface area (Å²) in [6.07, 6.45) is -3.48. The highest BCUT2D eigenvalue weighted by atomic mass is 32.1. The molecular weight excluding hydrogens is 403 g/mol. The molecule has 0 spiro atoms. The Kier molecular flexibility index (Phi) is 3.92. The van der Waals surface area contributed by atoms with E-state index in [1.807, 2.05) is 0 Å². The van der Waals surface area contributed by atoms with Gasteiger partial charge in [-0.3, -0.25) is 9.59 Å². The van der Waals surface area contributed by atoms with E-state index in [9.17, 15) is 22.8 Å². The fourth-order valence-corrected chi connectivity index (χ4v) is 5.08.